The van der Waals surface area contributed by atoms with Crippen LogP contribution in [0.3, 0.4) is 0 Å². The molecule has 2 heterocycles. The van der Waals surface area contributed by atoms with E-state index in [1.807, 2.05) is 73.3 Å². The monoisotopic (exact) mass is 463 g/mol. The number of aryl methyl sites for hydroxylation is 2. The molecule has 0 saturated carbocycles. The summed E-state index contributed by atoms with van der Waals surface area (Å²) < 4.78 is 0. The van der Waals surface area contributed by atoms with Gasteiger partial charge in [-0.1, -0.05) is 54.1 Å². The average Bonchev–Trinajstić information content (AvgIpc) is 3.07. The standard InChI is InChI=1S/C26H30ClN5O/c1-19-24(17-21-9-11-23(27)12-10-21)25(30-20(2)29-19)31-13-6-14-32(16-15-31)26(33)28-18-22-7-4-3-5-8-22/h3-5,7-12H,6,13-18H2,1-2H3,(H,28,33). The number of carbonyl (C=O) groups is 1. The molecule has 1 aliphatic heterocycles. The molecule has 4 rings (SSSR count). The highest BCUT2D eigenvalue weighted by Crippen LogP contribution is 2.25. The molecule has 0 atom stereocenters. The Balaban J connectivity index is 1.46. The van der Waals surface area contributed by atoms with Crippen molar-refractivity contribution in [3.05, 3.63) is 87.8 Å². The van der Waals surface area contributed by atoms with E-state index in [1.165, 1.54) is 5.56 Å². The maximum absolute atomic E-state index is 12.8. The number of urea groups is 1. The number of rotatable bonds is 5. The third-order valence-electron chi connectivity index (χ3n) is 5.97. The van der Waals surface area contributed by atoms with E-state index in [0.717, 1.165) is 66.0 Å². The third-order valence-corrected chi connectivity index (χ3v) is 6.22. The fraction of sp³-hybridized carbons (Fsp3) is 0.346. The van der Waals surface area contributed by atoms with Crippen LogP contribution >= 0.6 is 11.6 Å². The molecule has 1 N–H and O–H groups in total. The summed E-state index contributed by atoms with van der Waals surface area (Å²) in [5.74, 6) is 1.74. The van der Waals surface area contributed by atoms with E-state index in [9.17, 15) is 4.79 Å². The zero-order valence-electron chi connectivity index (χ0n) is 19.2. The van der Waals surface area contributed by atoms with Crippen LogP contribution in [-0.2, 0) is 13.0 Å². The van der Waals surface area contributed by atoms with Crippen molar-refractivity contribution in [2.75, 3.05) is 31.1 Å². The molecule has 172 valence electrons. The third kappa shape index (κ3) is 6.02. The van der Waals surface area contributed by atoms with E-state index in [1.54, 1.807) is 0 Å². The number of amides is 2. The summed E-state index contributed by atoms with van der Waals surface area (Å²) in [6.45, 7) is 7.49. The van der Waals surface area contributed by atoms with E-state index in [0.29, 0.717) is 13.1 Å². The molecule has 0 bridgehead atoms. The molecule has 3 aromatic rings. The molecule has 1 fully saturated rings. The van der Waals surface area contributed by atoms with Gasteiger partial charge in [-0.15, -0.1) is 0 Å². The summed E-state index contributed by atoms with van der Waals surface area (Å²) in [7, 11) is 0. The van der Waals surface area contributed by atoms with Gasteiger partial charge in [-0.05, 0) is 43.5 Å². The van der Waals surface area contributed by atoms with Gasteiger partial charge in [-0.2, -0.15) is 0 Å². The van der Waals surface area contributed by atoms with Crippen LogP contribution < -0.4 is 10.2 Å². The number of carbonyl (C=O) groups excluding carboxylic acids is 1. The molecule has 7 heteroatoms. The Bertz CT molecular complexity index is 1090. The first kappa shape index (κ1) is 23.1. The first-order valence-electron chi connectivity index (χ1n) is 11.4. The zero-order chi connectivity index (χ0) is 23.2. The highest BCUT2D eigenvalue weighted by Gasteiger charge is 2.23. The summed E-state index contributed by atoms with van der Waals surface area (Å²) in [5, 5.41) is 3.78. The number of nitrogens with one attached hydrogen (secondary N) is 1. The van der Waals surface area contributed by atoms with Crippen molar-refractivity contribution in [2.45, 2.75) is 33.2 Å². The summed E-state index contributed by atoms with van der Waals surface area (Å²) in [4.78, 5) is 26.4. The number of benzene rings is 2. The first-order chi connectivity index (χ1) is 16.0. The number of nitrogens with zero attached hydrogens (tertiary/aromatic N) is 4. The molecule has 1 aliphatic rings. The molecule has 0 unspecified atom stereocenters. The molecule has 2 aromatic carbocycles. The number of halogens is 1. The Kier molecular flexibility index (Phi) is 7.45. The minimum absolute atomic E-state index is 0.0165. The lowest BCUT2D eigenvalue weighted by Gasteiger charge is -2.26. The normalized spacial score (nSPS) is 14.2. The van der Waals surface area contributed by atoms with Gasteiger partial charge in [0, 0.05) is 55.4 Å². The van der Waals surface area contributed by atoms with Crippen molar-refractivity contribution in [3.63, 3.8) is 0 Å². The molecule has 33 heavy (non-hydrogen) atoms. The summed E-state index contributed by atoms with van der Waals surface area (Å²) in [5.41, 5.74) is 4.40. The van der Waals surface area contributed by atoms with Crippen LogP contribution in [-0.4, -0.2) is 47.1 Å². The van der Waals surface area contributed by atoms with Crippen LogP contribution in [0, 0.1) is 13.8 Å². The van der Waals surface area contributed by atoms with E-state index >= 15 is 0 Å². The highest BCUT2D eigenvalue weighted by molar-refractivity contribution is 6.30. The first-order valence-corrected chi connectivity index (χ1v) is 11.8. The lowest BCUT2D eigenvalue weighted by Crippen LogP contribution is -2.42. The van der Waals surface area contributed by atoms with E-state index in [4.69, 9.17) is 16.6 Å². The van der Waals surface area contributed by atoms with Gasteiger partial charge < -0.3 is 15.1 Å². The van der Waals surface area contributed by atoms with Gasteiger partial charge in [0.05, 0.1) is 0 Å². The van der Waals surface area contributed by atoms with Crippen LogP contribution in [0.5, 0.6) is 0 Å². The molecular weight excluding hydrogens is 434 g/mol. The van der Waals surface area contributed by atoms with E-state index in [-0.39, 0.29) is 6.03 Å². The van der Waals surface area contributed by atoms with Crippen molar-refractivity contribution < 1.29 is 4.79 Å². The molecule has 2 amide bonds. The topological polar surface area (TPSA) is 61.4 Å². The molecular formula is C26H30ClN5O. The van der Waals surface area contributed by atoms with Gasteiger partial charge in [0.15, 0.2) is 0 Å². The Morgan fingerprint density at radius 3 is 2.45 bits per heavy atom. The Morgan fingerprint density at radius 2 is 1.70 bits per heavy atom. The van der Waals surface area contributed by atoms with Gasteiger partial charge in [0.1, 0.15) is 11.6 Å². The second kappa shape index (κ2) is 10.7. The summed E-state index contributed by atoms with van der Waals surface area (Å²) >= 11 is 6.06. The van der Waals surface area contributed by atoms with Gasteiger partial charge >= 0.3 is 6.03 Å². The lowest BCUT2D eigenvalue weighted by molar-refractivity contribution is 0.201. The van der Waals surface area contributed by atoms with E-state index in [2.05, 4.69) is 15.2 Å². The van der Waals surface area contributed by atoms with Crippen LogP contribution in [0.15, 0.2) is 54.6 Å². The van der Waals surface area contributed by atoms with Crippen molar-refractivity contribution in [1.29, 1.82) is 0 Å². The smallest absolute Gasteiger partial charge is 0.317 e. The van der Waals surface area contributed by atoms with Crippen LogP contribution in [0.4, 0.5) is 10.6 Å². The predicted molar refractivity (Wildman–Crippen MR) is 133 cm³/mol. The fourth-order valence-electron chi connectivity index (χ4n) is 4.21. The van der Waals surface area contributed by atoms with Gasteiger partial charge in [0.25, 0.3) is 0 Å². The predicted octanol–water partition coefficient (Wildman–Crippen LogP) is 4.76. The van der Waals surface area contributed by atoms with Crippen LogP contribution in [0.25, 0.3) is 0 Å². The van der Waals surface area contributed by atoms with E-state index < -0.39 is 0 Å². The fourth-order valence-corrected chi connectivity index (χ4v) is 4.34. The number of aromatic nitrogens is 2. The van der Waals surface area contributed by atoms with Crippen molar-refractivity contribution in [3.8, 4) is 0 Å². The zero-order valence-corrected chi connectivity index (χ0v) is 20.0. The summed E-state index contributed by atoms with van der Waals surface area (Å²) in [6, 6.07) is 17.9. The van der Waals surface area contributed by atoms with Crippen molar-refractivity contribution in [1.82, 2.24) is 20.2 Å². The maximum Gasteiger partial charge on any atom is 0.317 e. The van der Waals surface area contributed by atoms with Gasteiger partial charge in [-0.3, -0.25) is 0 Å². The largest absolute Gasteiger partial charge is 0.354 e. The molecule has 0 spiro atoms. The number of anilines is 1. The Morgan fingerprint density at radius 1 is 0.939 bits per heavy atom. The number of hydrogen-bond acceptors (Lipinski definition) is 4. The molecule has 1 aromatic heterocycles. The summed E-state index contributed by atoms with van der Waals surface area (Å²) in [6.07, 6.45) is 1.64. The SMILES string of the molecule is Cc1nc(C)c(Cc2ccc(Cl)cc2)c(N2CCCN(C(=O)NCc3ccccc3)CC2)n1. The Hall–Kier alpha value is -3.12. The quantitative estimate of drug-likeness (QED) is 0.592. The van der Waals surface area contributed by atoms with Gasteiger partial charge in [0.2, 0.25) is 0 Å². The van der Waals surface area contributed by atoms with Crippen molar-refractivity contribution in [2.24, 2.45) is 0 Å². The van der Waals surface area contributed by atoms with Crippen LogP contribution in [0.2, 0.25) is 5.02 Å². The highest BCUT2D eigenvalue weighted by atomic mass is 35.5. The maximum atomic E-state index is 12.8. The molecule has 1 saturated heterocycles. The molecule has 6 nitrogen and oxygen atoms in total. The molecule has 0 radical (unpaired) electrons. The average molecular weight is 464 g/mol. The van der Waals surface area contributed by atoms with Crippen LogP contribution in [0.1, 0.15) is 34.6 Å². The number of hydrogen-bond donors (Lipinski definition) is 1. The minimum Gasteiger partial charge on any atom is -0.354 e. The molecule has 0 aliphatic carbocycles. The lowest BCUT2D eigenvalue weighted by atomic mass is 10.0. The Labute approximate surface area is 200 Å². The van der Waals surface area contributed by atoms with Gasteiger partial charge in [-0.25, -0.2) is 14.8 Å². The second-order valence-corrected chi connectivity index (χ2v) is 8.87. The second-order valence-electron chi connectivity index (χ2n) is 8.43. The van der Waals surface area contributed by atoms with Crippen molar-refractivity contribution >= 4 is 23.4 Å². The minimum atomic E-state index is -0.0165.